The van der Waals surface area contributed by atoms with E-state index in [-0.39, 0.29) is 17.9 Å². The van der Waals surface area contributed by atoms with Gasteiger partial charge in [0.05, 0.1) is 24.4 Å². The average molecular weight is 437 g/mol. The maximum absolute atomic E-state index is 13.0. The van der Waals surface area contributed by atoms with Crippen molar-refractivity contribution in [1.29, 1.82) is 0 Å². The number of aliphatic hydroxyl groups excluding tert-OH is 1. The molecule has 1 saturated heterocycles. The van der Waals surface area contributed by atoms with Crippen LogP contribution < -0.4 is 4.90 Å². The maximum atomic E-state index is 13.0. The number of ketones is 1. The first-order valence-corrected chi connectivity index (χ1v) is 10.1. The van der Waals surface area contributed by atoms with Crippen LogP contribution in [-0.4, -0.2) is 35.8 Å². The minimum Gasteiger partial charge on any atom is -0.507 e. The molecule has 31 heavy (non-hydrogen) atoms. The molecule has 0 spiro atoms. The summed E-state index contributed by atoms with van der Waals surface area (Å²) in [5, 5.41) is 11.5. The lowest BCUT2D eigenvalue weighted by Crippen LogP contribution is -2.29. The highest BCUT2D eigenvalue weighted by Crippen LogP contribution is 2.40. The number of furan rings is 1. The van der Waals surface area contributed by atoms with E-state index in [1.54, 1.807) is 36.4 Å². The Balaban J connectivity index is 1.86. The van der Waals surface area contributed by atoms with E-state index in [1.165, 1.54) is 11.2 Å². The van der Waals surface area contributed by atoms with Crippen molar-refractivity contribution in [1.82, 2.24) is 4.90 Å². The predicted octanol–water partition coefficient (Wildman–Crippen LogP) is 4.62. The summed E-state index contributed by atoms with van der Waals surface area (Å²) in [6.07, 6.45) is 1.51. The summed E-state index contributed by atoms with van der Waals surface area (Å²) in [4.78, 5) is 29.4. The normalized spacial score (nSPS) is 17.9. The van der Waals surface area contributed by atoms with Crippen molar-refractivity contribution in [3.63, 3.8) is 0 Å². The van der Waals surface area contributed by atoms with E-state index < -0.39 is 17.7 Å². The molecule has 0 aliphatic carbocycles. The second-order valence-corrected chi connectivity index (χ2v) is 7.94. The third-order valence-electron chi connectivity index (χ3n) is 5.27. The van der Waals surface area contributed by atoms with Gasteiger partial charge in [0.15, 0.2) is 0 Å². The predicted molar refractivity (Wildman–Crippen MR) is 119 cm³/mol. The van der Waals surface area contributed by atoms with Gasteiger partial charge in [0.25, 0.3) is 11.7 Å². The Morgan fingerprint density at radius 2 is 1.84 bits per heavy atom. The van der Waals surface area contributed by atoms with Crippen LogP contribution in [0.15, 0.2) is 76.9 Å². The smallest absolute Gasteiger partial charge is 0.296 e. The Morgan fingerprint density at radius 3 is 2.45 bits per heavy atom. The SMILES string of the molecule is CN(C)c1ccc(C2/C(=C(/O)c3cccc(Cl)c3)C(=O)C(=O)N2Cc2ccco2)cc1. The van der Waals surface area contributed by atoms with Crippen LogP contribution in [0.1, 0.15) is 22.9 Å². The Labute approximate surface area is 185 Å². The number of hydrogen-bond acceptors (Lipinski definition) is 5. The molecule has 3 aromatic rings. The molecule has 7 heteroatoms. The average Bonchev–Trinajstić information content (AvgIpc) is 3.36. The summed E-state index contributed by atoms with van der Waals surface area (Å²) in [6.45, 7) is 0.101. The summed E-state index contributed by atoms with van der Waals surface area (Å²) in [6, 6.07) is 16.8. The highest BCUT2D eigenvalue weighted by atomic mass is 35.5. The lowest BCUT2D eigenvalue weighted by atomic mass is 9.95. The second-order valence-electron chi connectivity index (χ2n) is 7.50. The molecular weight excluding hydrogens is 416 g/mol. The summed E-state index contributed by atoms with van der Waals surface area (Å²) in [5.41, 5.74) is 2.08. The zero-order chi connectivity index (χ0) is 22.1. The minimum absolute atomic E-state index is 0.0245. The molecule has 1 fully saturated rings. The van der Waals surface area contributed by atoms with E-state index >= 15 is 0 Å². The van der Waals surface area contributed by atoms with Gasteiger partial charge in [-0.1, -0.05) is 35.9 Å². The van der Waals surface area contributed by atoms with E-state index in [0.717, 1.165) is 5.69 Å². The van der Waals surface area contributed by atoms with Gasteiger partial charge in [-0.15, -0.1) is 0 Å². The largest absolute Gasteiger partial charge is 0.507 e. The van der Waals surface area contributed by atoms with Crippen molar-refractivity contribution >= 4 is 34.7 Å². The van der Waals surface area contributed by atoms with E-state index in [2.05, 4.69) is 0 Å². The molecular formula is C24H21ClN2O4. The summed E-state index contributed by atoms with van der Waals surface area (Å²) >= 11 is 6.07. The molecule has 1 amide bonds. The number of hydrogen-bond donors (Lipinski definition) is 1. The topological polar surface area (TPSA) is 74.0 Å². The molecule has 0 bridgehead atoms. The fourth-order valence-corrected chi connectivity index (χ4v) is 3.90. The molecule has 1 aromatic heterocycles. The molecule has 2 heterocycles. The fraction of sp³-hybridized carbons (Fsp3) is 0.167. The molecule has 1 aliphatic heterocycles. The first-order chi connectivity index (χ1) is 14.9. The zero-order valence-electron chi connectivity index (χ0n) is 17.1. The quantitative estimate of drug-likeness (QED) is 0.359. The van der Waals surface area contributed by atoms with Crippen LogP contribution in [0.2, 0.25) is 5.02 Å². The third-order valence-corrected chi connectivity index (χ3v) is 5.50. The van der Waals surface area contributed by atoms with Gasteiger partial charge in [-0.25, -0.2) is 0 Å². The number of carbonyl (C=O) groups is 2. The number of amides is 1. The molecule has 6 nitrogen and oxygen atoms in total. The Hall–Kier alpha value is -3.51. The van der Waals surface area contributed by atoms with Crippen molar-refractivity contribution in [2.75, 3.05) is 19.0 Å². The van der Waals surface area contributed by atoms with Crippen LogP contribution in [0.3, 0.4) is 0 Å². The van der Waals surface area contributed by atoms with Crippen LogP contribution in [0.25, 0.3) is 5.76 Å². The van der Waals surface area contributed by atoms with Crippen molar-refractivity contribution in [2.45, 2.75) is 12.6 Å². The highest BCUT2D eigenvalue weighted by Gasteiger charge is 2.46. The molecule has 158 valence electrons. The Kier molecular flexibility index (Phi) is 5.57. The van der Waals surface area contributed by atoms with E-state index in [4.69, 9.17) is 16.0 Å². The molecule has 1 N–H and O–H groups in total. The van der Waals surface area contributed by atoms with Crippen LogP contribution >= 0.6 is 11.6 Å². The number of benzene rings is 2. The van der Waals surface area contributed by atoms with Crippen LogP contribution in [0.5, 0.6) is 0 Å². The highest BCUT2D eigenvalue weighted by molar-refractivity contribution is 6.46. The number of anilines is 1. The number of halogens is 1. The van der Waals surface area contributed by atoms with Gasteiger partial charge < -0.3 is 19.3 Å². The lowest BCUT2D eigenvalue weighted by Gasteiger charge is -2.25. The number of rotatable bonds is 5. The number of Topliss-reactive ketones (excluding diaryl/α,β-unsaturated/α-hetero) is 1. The first kappa shape index (κ1) is 20.8. The summed E-state index contributed by atoms with van der Waals surface area (Å²) in [5.74, 6) is -1.16. The van der Waals surface area contributed by atoms with E-state index in [1.807, 2.05) is 43.3 Å². The van der Waals surface area contributed by atoms with E-state index in [0.29, 0.717) is 21.9 Å². The number of likely N-dealkylation sites (tertiary alicyclic amines) is 1. The number of carbonyl (C=O) groups excluding carboxylic acids is 2. The lowest BCUT2D eigenvalue weighted by molar-refractivity contribution is -0.140. The van der Waals surface area contributed by atoms with E-state index in [9.17, 15) is 14.7 Å². The molecule has 1 aliphatic rings. The van der Waals surface area contributed by atoms with Gasteiger partial charge in [0.2, 0.25) is 0 Å². The number of nitrogens with zero attached hydrogens (tertiary/aromatic N) is 2. The Bertz CT molecular complexity index is 1150. The van der Waals surface area contributed by atoms with Gasteiger partial charge in [-0.05, 0) is 42.0 Å². The maximum Gasteiger partial charge on any atom is 0.296 e. The fourth-order valence-electron chi connectivity index (χ4n) is 3.71. The zero-order valence-corrected chi connectivity index (χ0v) is 17.8. The van der Waals surface area contributed by atoms with Crippen LogP contribution in [0.4, 0.5) is 5.69 Å². The molecule has 0 radical (unpaired) electrons. The van der Waals surface area contributed by atoms with Crippen molar-refractivity contribution in [3.8, 4) is 0 Å². The molecule has 4 rings (SSSR count). The Morgan fingerprint density at radius 1 is 1.10 bits per heavy atom. The van der Waals surface area contributed by atoms with Gasteiger partial charge >= 0.3 is 0 Å². The standard InChI is InChI=1S/C24H21ClN2O4/c1-26(2)18-10-8-15(9-11-18)21-20(22(28)16-5-3-6-17(25)13-16)23(29)24(30)27(21)14-19-7-4-12-31-19/h3-13,21,28H,14H2,1-2H3/b22-20-. The molecule has 2 aromatic carbocycles. The van der Waals surface area contributed by atoms with Gasteiger partial charge in [-0.2, -0.15) is 0 Å². The summed E-state index contributed by atoms with van der Waals surface area (Å²) < 4.78 is 5.40. The van der Waals surface area contributed by atoms with Crippen LogP contribution in [0, 0.1) is 0 Å². The molecule has 0 saturated carbocycles. The third kappa shape index (κ3) is 3.94. The molecule has 1 atom stereocenters. The van der Waals surface area contributed by atoms with Gasteiger partial charge in [0, 0.05) is 30.4 Å². The monoisotopic (exact) mass is 436 g/mol. The van der Waals surface area contributed by atoms with Crippen molar-refractivity contribution in [2.24, 2.45) is 0 Å². The number of aliphatic hydroxyl groups is 1. The summed E-state index contributed by atoms with van der Waals surface area (Å²) in [7, 11) is 3.86. The molecule has 1 unspecified atom stereocenters. The van der Waals surface area contributed by atoms with Crippen LogP contribution in [-0.2, 0) is 16.1 Å². The van der Waals surface area contributed by atoms with Crippen molar-refractivity contribution in [3.05, 3.63) is 94.4 Å². The van der Waals surface area contributed by atoms with Gasteiger partial charge in [0.1, 0.15) is 11.5 Å². The second kappa shape index (κ2) is 8.32. The first-order valence-electron chi connectivity index (χ1n) is 9.71. The van der Waals surface area contributed by atoms with Gasteiger partial charge in [-0.3, -0.25) is 9.59 Å². The van der Waals surface area contributed by atoms with Crippen molar-refractivity contribution < 1.29 is 19.1 Å². The minimum atomic E-state index is -0.764.